The van der Waals surface area contributed by atoms with Gasteiger partial charge in [0.1, 0.15) is 13.0 Å². The van der Waals surface area contributed by atoms with Gasteiger partial charge in [-0.15, -0.1) is 0 Å². The molecule has 0 saturated carbocycles. The quantitative estimate of drug-likeness (QED) is 0.476. The minimum Gasteiger partial charge on any atom is -0.339 e. The molecular formula is C16H16BrClN5O2P. The lowest BCUT2D eigenvalue weighted by molar-refractivity contribution is 0.588. The first-order valence-corrected chi connectivity index (χ1v) is 11.5. The Morgan fingerprint density at radius 3 is 2.65 bits per heavy atom. The summed E-state index contributed by atoms with van der Waals surface area (Å²) >= 11 is 9.23. The summed E-state index contributed by atoms with van der Waals surface area (Å²) in [5.41, 5.74) is 0.370. The molecule has 1 N–H and O–H groups in total. The van der Waals surface area contributed by atoms with Gasteiger partial charge in [0.15, 0.2) is 0 Å². The number of benzene rings is 1. The van der Waals surface area contributed by atoms with E-state index in [4.69, 9.17) is 11.6 Å². The van der Waals surface area contributed by atoms with Crippen LogP contribution >= 0.6 is 34.7 Å². The fourth-order valence-corrected chi connectivity index (χ4v) is 4.60. The van der Waals surface area contributed by atoms with Crippen molar-refractivity contribution in [2.45, 2.75) is 13.5 Å². The van der Waals surface area contributed by atoms with Crippen molar-refractivity contribution in [3.05, 3.63) is 44.6 Å². The number of aromatic nitrogens is 4. The Balaban J connectivity index is 2.28. The largest absolute Gasteiger partial charge is 0.339 e. The molecule has 2 heterocycles. The van der Waals surface area contributed by atoms with Crippen molar-refractivity contribution >= 4 is 62.3 Å². The van der Waals surface area contributed by atoms with Crippen LogP contribution in [0.1, 0.15) is 6.92 Å². The average molecular weight is 457 g/mol. The number of halogens is 2. The predicted octanol–water partition coefficient (Wildman–Crippen LogP) is 3.61. The third-order valence-electron chi connectivity index (χ3n) is 3.81. The smallest absolute Gasteiger partial charge is 0.274 e. The van der Waals surface area contributed by atoms with Crippen LogP contribution in [0.2, 0.25) is 5.28 Å². The highest BCUT2D eigenvalue weighted by atomic mass is 79.9. The molecule has 136 valence electrons. The molecule has 2 aromatic heterocycles. The van der Waals surface area contributed by atoms with Crippen molar-refractivity contribution in [2.75, 3.05) is 18.6 Å². The first-order valence-electron chi connectivity index (χ1n) is 7.75. The Kier molecular flexibility index (Phi) is 5.19. The summed E-state index contributed by atoms with van der Waals surface area (Å²) in [7, 11) is -2.75. The van der Waals surface area contributed by atoms with Crippen molar-refractivity contribution in [3.63, 3.8) is 0 Å². The van der Waals surface area contributed by atoms with Crippen LogP contribution in [-0.2, 0) is 11.1 Å². The Labute approximate surface area is 163 Å². The molecule has 0 spiro atoms. The summed E-state index contributed by atoms with van der Waals surface area (Å²) in [6.07, 6.45) is 3.11. The van der Waals surface area contributed by atoms with E-state index in [1.54, 1.807) is 31.7 Å². The van der Waals surface area contributed by atoms with Gasteiger partial charge in [-0.25, -0.2) is 9.67 Å². The molecule has 0 unspecified atom stereocenters. The molecule has 0 amide bonds. The number of anilines is 2. The summed E-state index contributed by atoms with van der Waals surface area (Å²) in [5.74, 6) is 0.439. The number of nitrogens with one attached hydrogen (secondary N) is 1. The number of hydrogen-bond donors (Lipinski definition) is 1. The van der Waals surface area contributed by atoms with Crippen LogP contribution in [0.5, 0.6) is 0 Å². The summed E-state index contributed by atoms with van der Waals surface area (Å²) in [5, 5.41) is 8.99. The zero-order valence-corrected chi connectivity index (χ0v) is 17.6. The van der Waals surface area contributed by atoms with Crippen LogP contribution in [0.4, 0.5) is 11.5 Å². The molecule has 0 saturated heterocycles. The van der Waals surface area contributed by atoms with Gasteiger partial charge in [-0.2, -0.15) is 10.1 Å². The molecule has 3 rings (SSSR count). The molecular weight excluding hydrogens is 441 g/mol. The fourth-order valence-electron chi connectivity index (χ4n) is 2.71. The third kappa shape index (κ3) is 3.54. The zero-order valence-electron chi connectivity index (χ0n) is 14.3. The van der Waals surface area contributed by atoms with E-state index < -0.39 is 7.14 Å². The van der Waals surface area contributed by atoms with E-state index in [1.807, 2.05) is 6.92 Å². The monoisotopic (exact) mass is 455 g/mol. The van der Waals surface area contributed by atoms with Gasteiger partial charge in [0.2, 0.25) is 5.28 Å². The number of hydrogen-bond acceptors (Lipinski definition) is 6. The van der Waals surface area contributed by atoms with Gasteiger partial charge in [-0.05, 0) is 59.9 Å². The Hall–Kier alpha value is -1.76. The van der Waals surface area contributed by atoms with E-state index >= 15 is 0 Å². The van der Waals surface area contributed by atoms with Crippen LogP contribution in [-0.4, -0.2) is 33.1 Å². The van der Waals surface area contributed by atoms with Gasteiger partial charge in [0, 0.05) is 23.4 Å². The molecule has 1 aromatic carbocycles. The second kappa shape index (κ2) is 7.10. The van der Waals surface area contributed by atoms with Crippen molar-refractivity contribution < 1.29 is 4.57 Å². The highest BCUT2D eigenvalue weighted by molar-refractivity contribution is 9.10. The van der Waals surface area contributed by atoms with Crippen molar-refractivity contribution in [3.8, 4) is 0 Å². The van der Waals surface area contributed by atoms with Crippen molar-refractivity contribution in [1.82, 2.24) is 19.7 Å². The van der Waals surface area contributed by atoms with Gasteiger partial charge in [0.05, 0.1) is 21.7 Å². The van der Waals surface area contributed by atoms with E-state index in [0.717, 1.165) is 0 Å². The molecule has 3 aromatic rings. The van der Waals surface area contributed by atoms with Crippen LogP contribution in [0.25, 0.3) is 10.8 Å². The Bertz CT molecular complexity index is 1110. The van der Waals surface area contributed by atoms with Crippen LogP contribution in [0.15, 0.2) is 33.8 Å². The highest BCUT2D eigenvalue weighted by Crippen LogP contribution is 2.41. The van der Waals surface area contributed by atoms with Gasteiger partial charge in [-0.1, -0.05) is 0 Å². The summed E-state index contributed by atoms with van der Waals surface area (Å²) in [4.78, 5) is 20.6. The molecule has 0 aliphatic carbocycles. The van der Waals surface area contributed by atoms with Gasteiger partial charge >= 0.3 is 0 Å². The maximum atomic E-state index is 13.0. The molecule has 0 bridgehead atoms. The molecule has 26 heavy (non-hydrogen) atoms. The van der Waals surface area contributed by atoms with Gasteiger partial charge < -0.3 is 9.88 Å². The molecule has 10 heteroatoms. The summed E-state index contributed by atoms with van der Waals surface area (Å²) < 4.78 is 15.0. The SMILES string of the molecule is CCn1ncc2c(P(C)(C)=O)c(Nc3nc(Cl)ncc3Br)ccc2c1=O. The first-order chi connectivity index (χ1) is 12.2. The van der Waals surface area contributed by atoms with E-state index in [2.05, 4.69) is 36.3 Å². The van der Waals surface area contributed by atoms with Crippen LogP contribution in [0.3, 0.4) is 0 Å². The predicted molar refractivity (Wildman–Crippen MR) is 109 cm³/mol. The summed E-state index contributed by atoms with van der Waals surface area (Å²) in [6.45, 7) is 5.62. The Morgan fingerprint density at radius 1 is 1.27 bits per heavy atom. The topological polar surface area (TPSA) is 89.8 Å². The summed E-state index contributed by atoms with van der Waals surface area (Å²) in [6, 6.07) is 3.42. The first kappa shape index (κ1) is 19.0. The minimum absolute atomic E-state index is 0.0849. The van der Waals surface area contributed by atoms with Crippen LogP contribution in [0, 0.1) is 0 Å². The van der Waals surface area contributed by atoms with E-state index in [1.165, 1.54) is 10.9 Å². The highest BCUT2D eigenvalue weighted by Gasteiger charge is 2.22. The lowest BCUT2D eigenvalue weighted by Crippen LogP contribution is -2.24. The number of rotatable bonds is 4. The van der Waals surface area contributed by atoms with E-state index in [-0.39, 0.29) is 10.8 Å². The van der Waals surface area contributed by atoms with Gasteiger partial charge in [-0.3, -0.25) is 4.79 Å². The van der Waals surface area contributed by atoms with E-state index in [0.29, 0.717) is 38.6 Å². The zero-order chi connectivity index (χ0) is 19.1. The molecule has 0 radical (unpaired) electrons. The van der Waals surface area contributed by atoms with Gasteiger partial charge in [0.25, 0.3) is 5.56 Å². The lowest BCUT2D eigenvalue weighted by atomic mass is 10.1. The van der Waals surface area contributed by atoms with Crippen molar-refractivity contribution in [2.24, 2.45) is 0 Å². The third-order valence-corrected chi connectivity index (χ3v) is 6.14. The normalized spacial score (nSPS) is 11.7. The molecule has 0 fully saturated rings. The number of nitrogens with zero attached hydrogens (tertiary/aromatic N) is 4. The Morgan fingerprint density at radius 2 is 2.00 bits per heavy atom. The second-order valence-corrected chi connectivity index (χ2v) is 10.3. The number of aryl methyl sites for hydroxylation is 1. The fraction of sp³-hybridized carbons (Fsp3) is 0.250. The maximum Gasteiger partial charge on any atom is 0.274 e. The minimum atomic E-state index is -2.75. The molecule has 0 aliphatic heterocycles. The molecule has 7 nitrogen and oxygen atoms in total. The second-order valence-electron chi connectivity index (χ2n) is 6.00. The van der Waals surface area contributed by atoms with Crippen LogP contribution < -0.4 is 16.2 Å². The molecule has 0 atom stereocenters. The molecule has 0 aliphatic rings. The van der Waals surface area contributed by atoms with Crippen molar-refractivity contribution in [1.29, 1.82) is 0 Å². The lowest BCUT2D eigenvalue weighted by Gasteiger charge is -2.18. The standard InChI is InChI=1S/C16H16BrClN5O2P/c1-4-23-15(24)9-5-6-12(13(26(2,3)25)10(9)7-20-23)21-14-11(17)8-19-16(18)22-14/h5-8H,4H2,1-3H3,(H,19,21,22). The average Bonchev–Trinajstić information content (AvgIpc) is 2.57. The number of fused-ring (bicyclic) bond motifs is 1. The van der Waals surface area contributed by atoms with E-state index in [9.17, 15) is 9.36 Å². The maximum absolute atomic E-state index is 13.0.